The maximum absolute atomic E-state index is 6.89. The molecule has 106 valence electrons. The minimum absolute atomic E-state index is 0.191. The molecule has 1 atom stereocenters. The van der Waals surface area contributed by atoms with Crippen molar-refractivity contribution < 1.29 is 0 Å². The van der Waals surface area contributed by atoms with Gasteiger partial charge in [0.15, 0.2) is 0 Å². The zero-order chi connectivity index (χ0) is 13.9. The SMILES string of the molecule is CCc1ccc(C(Cl)C2(CC)CCCC2)cc1CC. The van der Waals surface area contributed by atoms with Crippen LogP contribution < -0.4 is 0 Å². The van der Waals surface area contributed by atoms with Crippen LogP contribution in [0, 0.1) is 5.41 Å². The van der Waals surface area contributed by atoms with Crippen LogP contribution in [0.2, 0.25) is 0 Å². The van der Waals surface area contributed by atoms with Gasteiger partial charge in [0.1, 0.15) is 0 Å². The lowest BCUT2D eigenvalue weighted by Crippen LogP contribution is -2.21. The van der Waals surface area contributed by atoms with E-state index < -0.39 is 0 Å². The molecule has 2 rings (SSSR count). The molecule has 1 aliphatic carbocycles. The molecule has 0 aliphatic heterocycles. The first-order valence-electron chi connectivity index (χ1n) is 7.92. The van der Waals surface area contributed by atoms with Crippen LogP contribution in [0.1, 0.15) is 74.9 Å². The van der Waals surface area contributed by atoms with E-state index in [0.29, 0.717) is 5.41 Å². The van der Waals surface area contributed by atoms with Crippen molar-refractivity contribution in [1.29, 1.82) is 0 Å². The van der Waals surface area contributed by atoms with Crippen molar-refractivity contribution in [2.24, 2.45) is 5.41 Å². The molecular weight excluding hydrogens is 252 g/mol. The third-order valence-corrected chi connectivity index (χ3v) is 5.84. The average molecular weight is 279 g/mol. The van der Waals surface area contributed by atoms with Gasteiger partial charge >= 0.3 is 0 Å². The van der Waals surface area contributed by atoms with Crippen molar-refractivity contribution in [3.8, 4) is 0 Å². The van der Waals surface area contributed by atoms with Crippen LogP contribution in [-0.2, 0) is 12.8 Å². The van der Waals surface area contributed by atoms with E-state index in [2.05, 4.69) is 39.0 Å². The molecule has 0 bridgehead atoms. The largest absolute Gasteiger partial charge is 0.117 e. The maximum Gasteiger partial charge on any atom is 0.0641 e. The number of alkyl halides is 1. The standard InChI is InChI=1S/C18H27Cl/c1-4-14-9-10-16(13-15(14)5-2)17(19)18(6-3)11-7-8-12-18/h9-10,13,17H,4-8,11-12H2,1-3H3. The van der Waals surface area contributed by atoms with Crippen molar-refractivity contribution in [3.63, 3.8) is 0 Å². The van der Waals surface area contributed by atoms with E-state index in [1.165, 1.54) is 48.8 Å². The molecule has 0 spiro atoms. The topological polar surface area (TPSA) is 0 Å². The molecule has 1 unspecified atom stereocenters. The van der Waals surface area contributed by atoms with Crippen molar-refractivity contribution in [1.82, 2.24) is 0 Å². The normalized spacial score (nSPS) is 19.6. The van der Waals surface area contributed by atoms with Crippen LogP contribution in [0.5, 0.6) is 0 Å². The van der Waals surface area contributed by atoms with Gasteiger partial charge in [-0.1, -0.05) is 51.8 Å². The summed E-state index contributed by atoms with van der Waals surface area (Å²) in [5, 5.41) is 0.191. The summed E-state index contributed by atoms with van der Waals surface area (Å²) < 4.78 is 0. The van der Waals surface area contributed by atoms with Crippen LogP contribution in [-0.4, -0.2) is 0 Å². The molecule has 19 heavy (non-hydrogen) atoms. The summed E-state index contributed by atoms with van der Waals surface area (Å²) in [6, 6.07) is 6.93. The molecule has 1 fully saturated rings. The number of hydrogen-bond acceptors (Lipinski definition) is 0. The number of hydrogen-bond donors (Lipinski definition) is 0. The van der Waals surface area contributed by atoms with Crippen molar-refractivity contribution in [2.75, 3.05) is 0 Å². The van der Waals surface area contributed by atoms with Crippen LogP contribution in [0.25, 0.3) is 0 Å². The van der Waals surface area contributed by atoms with Gasteiger partial charge < -0.3 is 0 Å². The Morgan fingerprint density at radius 1 is 1.05 bits per heavy atom. The van der Waals surface area contributed by atoms with E-state index in [0.717, 1.165) is 12.8 Å². The number of rotatable bonds is 5. The van der Waals surface area contributed by atoms with Crippen molar-refractivity contribution in [3.05, 3.63) is 34.9 Å². The van der Waals surface area contributed by atoms with Gasteiger partial charge in [-0.15, -0.1) is 11.6 Å². The monoisotopic (exact) mass is 278 g/mol. The quantitative estimate of drug-likeness (QED) is 0.574. The predicted molar refractivity (Wildman–Crippen MR) is 85.0 cm³/mol. The highest BCUT2D eigenvalue weighted by atomic mass is 35.5. The smallest absolute Gasteiger partial charge is 0.0641 e. The molecule has 0 saturated heterocycles. The minimum Gasteiger partial charge on any atom is -0.117 e. The highest BCUT2D eigenvalue weighted by Gasteiger charge is 2.39. The summed E-state index contributed by atoms with van der Waals surface area (Å²) in [4.78, 5) is 0. The summed E-state index contributed by atoms with van der Waals surface area (Å²) in [7, 11) is 0. The first-order valence-corrected chi connectivity index (χ1v) is 8.36. The Labute approximate surface area is 123 Å². The van der Waals surface area contributed by atoms with E-state index >= 15 is 0 Å². The van der Waals surface area contributed by atoms with Gasteiger partial charge in [-0.05, 0) is 54.2 Å². The van der Waals surface area contributed by atoms with Crippen LogP contribution in [0.15, 0.2) is 18.2 Å². The second kappa shape index (κ2) is 6.31. The molecule has 0 aromatic heterocycles. The number of benzene rings is 1. The molecule has 0 amide bonds. The summed E-state index contributed by atoms with van der Waals surface area (Å²) >= 11 is 6.89. The first kappa shape index (κ1) is 14.9. The van der Waals surface area contributed by atoms with Gasteiger partial charge in [0.25, 0.3) is 0 Å². The highest BCUT2D eigenvalue weighted by molar-refractivity contribution is 6.21. The molecule has 0 nitrogen and oxygen atoms in total. The van der Waals surface area contributed by atoms with E-state index in [4.69, 9.17) is 11.6 Å². The second-order valence-corrected chi connectivity index (χ2v) is 6.46. The van der Waals surface area contributed by atoms with E-state index in [9.17, 15) is 0 Å². The van der Waals surface area contributed by atoms with E-state index in [1.807, 2.05) is 0 Å². The molecule has 1 aromatic carbocycles. The van der Waals surface area contributed by atoms with Gasteiger partial charge in [-0.3, -0.25) is 0 Å². The zero-order valence-electron chi connectivity index (χ0n) is 12.6. The summed E-state index contributed by atoms with van der Waals surface area (Å²) in [6.45, 7) is 6.78. The lowest BCUT2D eigenvalue weighted by Gasteiger charge is -2.33. The minimum atomic E-state index is 0.191. The molecule has 0 heterocycles. The fourth-order valence-electron chi connectivity index (χ4n) is 3.70. The molecule has 0 N–H and O–H groups in total. The van der Waals surface area contributed by atoms with Gasteiger partial charge in [0.2, 0.25) is 0 Å². The third kappa shape index (κ3) is 2.84. The zero-order valence-corrected chi connectivity index (χ0v) is 13.4. The maximum atomic E-state index is 6.89. The van der Waals surface area contributed by atoms with Crippen molar-refractivity contribution >= 4 is 11.6 Å². The van der Waals surface area contributed by atoms with E-state index in [1.54, 1.807) is 0 Å². The fourth-order valence-corrected chi connectivity index (χ4v) is 4.20. The van der Waals surface area contributed by atoms with Crippen molar-refractivity contribution in [2.45, 2.75) is 71.1 Å². The number of halogens is 1. The third-order valence-electron chi connectivity index (χ3n) is 5.13. The first-order chi connectivity index (χ1) is 9.16. The molecular formula is C18H27Cl. The van der Waals surface area contributed by atoms with Crippen LogP contribution >= 0.6 is 11.6 Å². The Hall–Kier alpha value is -0.490. The summed E-state index contributed by atoms with van der Waals surface area (Å²) in [5.74, 6) is 0. The lowest BCUT2D eigenvalue weighted by atomic mass is 9.77. The van der Waals surface area contributed by atoms with E-state index in [-0.39, 0.29) is 5.38 Å². The van der Waals surface area contributed by atoms with Gasteiger partial charge in [0, 0.05) is 0 Å². The van der Waals surface area contributed by atoms with Crippen LogP contribution in [0.3, 0.4) is 0 Å². The highest BCUT2D eigenvalue weighted by Crippen LogP contribution is 2.53. The molecule has 1 heteroatoms. The van der Waals surface area contributed by atoms with Gasteiger partial charge in [0.05, 0.1) is 5.38 Å². The Balaban J connectivity index is 2.30. The Bertz CT molecular complexity index is 416. The Morgan fingerprint density at radius 2 is 1.68 bits per heavy atom. The summed E-state index contributed by atoms with van der Waals surface area (Å²) in [5.41, 5.74) is 4.65. The predicted octanol–water partition coefficient (Wildman–Crippen LogP) is 6.06. The van der Waals surface area contributed by atoms with Gasteiger partial charge in [-0.25, -0.2) is 0 Å². The average Bonchev–Trinajstić information content (AvgIpc) is 2.95. The molecule has 0 radical (unpaired) electrons. The fraction of sp³-hybridized carbons (Fsp3) is 0.667. The Kier molecular flexibility index (Phi) is 4.95. The second-order valence-electron chi connectivity index (χ2n) is 6.02. The molecule has 1 aliphatic rings. The Morgan fingerprint density at radius 3 is 2.21 bits per heavy atom. The van der Waals surface area contributed by atoms with Crippen LogP contribution in [0.4, 0.5) is 0 Å². The lowest BCUT2D eigenvalue weighted by molar-refractivity contribution is 0.271. The summed E-state index contributed by atoms with van der Waals surface area (Å²) in [6.07, 6.45) is 8.74. The number of aryl methyl sites for hydroxylation is 2. The van der Waals surface area contributed by atoms with Gasteiger partial charge in [-0.2, -0.15) is 0 Å². The molecule has 1 saturated carbocycles. The molecule has 1 aromatic rings.